The fraction of sp³-hybridized carbons (Fsp3) is 0.474. The van der Waals surface area contributed by atoms with Gasteiger partial charge in [-0.05, 0) is 44.9 Å². The molecular formula is C19H21ClN2O5. The molecule has 3 rings (SSSR count). The number of esters is 2. The van der Waals surface area contributed by atoms with Gasteiger partial charge in [-0.3, -0.25) is 19.0 Å². The van der Waals surface area contributed by atoms with Crippen molar-refractivity contribution in [3.63, 3.8) is 0 Å². The third-order valence-electron chi connectivity index (χ3n) is 4.67. The minimum absolute atomic E-state index is 0.163. The van der Waals surface area contributed by atoms with E-state index in [-0.39, 0.29) is 31.1 Å². The van der Waals surface area contributed by atoms with Crippen LogP contribution in [0.3, 0.4) is 0 Å². The van der Waals surface area contributed by atoms with Gasteiger partial charge in [-0.15, -0.1) is 0 Å². The Hall–Kier alpha value is -2.41. The van der Waals surface area contributed by atoms with Gasteiger partial charge in [0.05, 0.1) is 24.1 Å². The summed E-state index contributed by atoms with van der Waals surface area (Å²) in [6.45, 7) is 4.21. The Bertz CT molecular complexity index is 922. The lowest BCUT2D eigenvalue weighted by Gasteiger charge is -2.18. The Kier molecular flexibility index (Phi) is 5.79. The van der Waals surface area contributed by atoms with Crippen LogP contribution in [0.4, 0.5) is 0 Å². The van der Waals surface area contributed by atoms with E-state index in [4.69, 9.17) is 21.1 Å². The van der Waals surface area contributed by atoms with Gasteiger partial charge in [0.1, 0.15) is 5.82 Å². The van der Waals surface area contributed by atoms with Gasteiger partial charge in [-0.1, -0.05) is 11.6 Å². The van der Waals surface area contributed by atoms with Crippen molar-refractivity contribution in [3.05, 3.63) is 39.4 Å². The fourth-order valence-electron chi connectivity index (χ4n) is 3.43. The molecule has 0 saturated carbocycles. The van der Waals surface area contributed by atoms with Crippen molar-refractivity contribution >= 4 is 34.4 Å². The molecule has 144 valence electrons. The average Bonchev–Trinajstić information content (AvgIpc) is 3.03. The Morgan fingerprint density at radius 2 is 1.93 bits per heavy atom. The fourth-order valence-corrected chi connectivity index (χ4v) is 3.61. The van der Waals surface area contributed by atoms with Crippen molar-refractivity contribution in [2.45, 2.75) is 39.2 Å². The summed E-state index contributed by atoms with van der Waals surface area (Å²) < 4.78 is 11.7. The third kappa shape index (κ3) is 3.83. The standard InChI is InChI=1S/C19H21ClN2O5/c1-3-26-18(24)14(19(25)27-4-2)9-11-7-8-22-16(11)21-15-6-5-12(20)10-13(15)17(22)23/h5-6,10-11,14H,3-4,7-9H2,1-2H3. The highest BCUT2D eigenvalue weighted by Gasteiger charge is 2.36. The molecule has 1 aliphatic heterocycles. The predicted octanol–water partition coefficient (Wildman–Crippen LogP) is 2.67. The summed E-state index contributed by atoms with van der Waals surface area (Å²) in [6, 6.07) is 4.98. The lowest BCUT2D eigenvalue weighted by Crippen LogP contribution is -2.30. The topological polar surface area (TPSA) is 87.5 Å². The predicted molar refractivity (Wildman–Crippen MR) is 99.7 cm³/mol. The molecule has 2 aromatic rings. The maximum Gasteiger partial charge on any atom is 0.320 e. The van der Waals surface area contributed by atoms with Crippen molar-refractivity contribution < 1.29 is 19.1 Å². The molecule has 1 aromatic carbocycles. The lowest BCUT2D eigenvalue weighted by atomic mass is 9.93. The number of halogens is 1. The van der Waals surface area contributed by atoms with E-state index in [2.05, 4.69) is 4.98 Å². The first-order valence-electron chi connectivity index (χ1n) is 8.99. The molecule has 0 aliphatic carbocycles. The number of benzene rings is 1. The van der Waals surface area contributed by atoms with Crippen LogP contribution in [-0.4, -0.2) is 34.7 Å². The molecule has 7 nitrogen and oxygen atoms in total. The van der Waals surface area contributed by atoms with Crippen LogP contribution in [0.2, 0.25) is 5.02 Å². The van der Waals surface area contributed by atoms with Crippen LogP contribution in [0.1, 0.15) is 38.4 Å². The number of ether oxygens (including phenoxy) is 2. The SMILES string of the molecule is CCOC(=O)C(CC1CCn2c1nc1ccc(Cl)cc1c2=O)C(=O)OCC. The van der Waals surface area contributed by atoms with Crippen LogP contribution in [0.5, 0.6) is 0 Å². The maximum absolute atomic E-state index is 12.8. The zero-order valence-corrected chi connectivity index (χ0v) is 16.0. The normalized spacial score (nSPS) is 15.8. The first-order chi connectivity index (χ1) is 13.0. The van der Waals surface area contributed by atoms with Crippen LogP contribution < -0.4 is 5.56 Å². The summed E-state index contributed by atoms with van der Waals surface area (Å²) >= 11 is 5.99. The van der Waals surface area contributed by atoms with E-state index >= 15 is 0 Å². The molecule has 0 saturated heterocycles. The van der Waals surface area contributed by atoms with E-state index < -0.39 is 17.9 Å². The number of hydrogen-bond acceptors (Lipinski definition) is 6. The van der Waals surface area contributed by atoms with Gasteiger partial charge < -0.3 is 9.47 Å². The molecule has 0 amide bonds. The van der Waals surface area contributed by atoms with E-state index in [1.165, 1.54) is 0 Å². The summed E-state index contributed by atoms with van der Waals surface area (Å²) in [7, 11) is 0. The Labute approximate surface area is 161 Å². The highest BCUT2D eigenvalue weighted by atomic mass is 35.5. The van der Waals surface area contributed by atoms with Gasteiger partial charge in [-0.25, -0.2) is 4.98 Å². The summed E-state index contributed by atoms with van der Waals surface area (Å²) in [5, 5.41) is 0.931. The molecule has 1 aromatic heterocycles. The molecule has 0 N–H and O–H groups in total. The average molecular weight is 393 g/mol. The lowest BCUT2D eigenvalue weighted by molar-refractivity contribution is -0.162. The van der Waals surface area contributed by atoms with Gasteiger partial charge in [0.2, 0.25) is 0 Å². The van der Waals surface area contributed by atoms with E-state index in [0.717, 1.165) is 0 Å². The number of aromatic nitrogens is 2. The third-order valence-corrected chi connectivity index (χ3v) is 4.91. The molecule has 1 atom stereocenters. The second-order valence-corrected chi connectivity index (χ2v) is 6.80. The highest BCUT2D eigenvalue weighted by molar-refractivity contribution is 6.31. The molecule has 0 bridgehead atoms. The molecule has 2 heterocycles. The van der Waals surface area contributed by atoms with Crippen LogP contribution in [-0.2, 0) is 25.6 Å². The molecule has 0 fully saturated rings. The minimum atomic E-state index is -1.03. The van der Waals surface area contributed by atoms with Crippen LogP contribution >= 0.6 is 11.6 Å². The smallest absolute Gasteiger partial charge is 0.320 e. The number of nitrogens with zero attached hydrogens (tertiary/aromatic N) is 2. The van der Waals surface area contributed by atoms with Gasteiger partial charge in [0.25, 0.3) is 5.56 Å². The largest absolute Gasteiger partial charge is 0.465 e. The number of carbonyl (C=O) groups excluding carboxylic acids is 2. The molecule has 1 aliphatic rings. The summed E-state index contributed by atoms with van der Waals surface area (Å²) in [5.41, 5.74) is 0.384. The van der Waals surface area contributed by atoms with Crippen LogP contribution in [0.15, 0.2) is 23.0 Å². The second-order valence-electron chi connectivity index (χ2n) is 6.37. The Balaban J connectivity index is 1.95. The Morgan fingerprint density at radius 1 is 1.26 bits per heavy atom. The molecule has 8 heteroatoms. The number of carbonyl (C=O) groups is 2. The first kappa shape index (κ1) is 19.4. The number of rotatable bonds is 6. The van der Waals surface area contributed by atoms with E-state index in [0.29, 0.717) is 34.7 Å². The van der Waals surface area contributed by atoms with E-state index in [1.54, 1.807) is 36.6 Å². The van der Waals surface area contributed by atoms with Gasteiger partial charge in [0, 0.05) is 17.5 Å². The van der Waals surface area contributed by atoms with Crippen LogP contribution in [0.25, 0.3) is 10.9 Å². The zero-order chi connectivity index (χ0) is 19.6. The van der Waals surface area contributed by atoms with Gasteiger partial charge >= 0.3 is 11.9 Å². The van der Waals surface area contributed by atoms with Crippen LogP contribution in [0, 0.1) is 5.92 Å². The van der Waals surface area contributed by atoms with E-state index in [1.807, 2.05) is 0 Å². The summed E-state index contributed by atoms with van der Waals surface area (Å²) in [6.07, 6.45) is 0.810. The van der Waals surface area contributed by atoms with Gasteiger partial charge in [0.15, 0.2) is 5.92 Å². The van der Waals surface area contributed by atoms with Crippen molar-refractivity contribution in [3.8, 4) is 0 Å². The van der Waals surface area contributed by atoms with Crippen molar-refractivity contribution in [1.29, 1.82) is 0 Å². The molecule has 1 unspecified atom stereocenters. The zero-order valence-electron chi connectivity index (χ0n) is 15.2. The minimum Gasteiger partial charge on any atom is -0.465 e. The molecular weight excluding hydrogens is 372 g/mol. The summed E-state index contributed by atoms with van der Waals surface area (Å²) in [5.74, 6) is -1.88. The van der Waals surface area contributed by atoms with Crippen molar-refractivity contribution in [1.82, 2.24) is 9.55 Å². The monoisotopic (exact) mass is 392 g/mol. The maximum atomic E-state index is 12.8. The summed E-state index contributed by atoms with van der Waals surface area (Å²) in [4.78, 5) is 41.9. The second kappa shape index (κ2) is 8.08. The van der Waals surface area contributed by atoms with E-state index in [9.17, 15) is 14.4 Å². The highest BCUT2D eigenvalue weighted by Crippen LogP contribution is 2.33. The van der Waals surface area contributed by atoms with Gasteiger partial charge in [-0.2, -0.15) is 0 Å². The Morgan fingerprint density at radius 3 is 2.56 bits per heavy atom. The van der Waals surface area contributed by atoms with Crippen molar-refractivity contribution in [2.24, 2.45) is 5.92 Å². The molecule has 0 spiro atoms. The first-order valence-corrected chi connectivity index (χ1v) is 9.37. The van der Waals surface area contributed by atoms with Crippen molar-refractivity contribution in [2.75, 3.05) is 13.2 Å². The number of hydrogen-bond donors (Lipinski definition) is 0. The quantitative estimate of drug-likeness (QED) is 0.554. The molecule has 27 heavy (non-hydrogen) atoms. The molecule has 0 radical (unpaired) electrons. The number of fused-ring (bicyclic) bond motifs is 2.